The second kappa shape index (κ2) is 4.30. The second-order valence-corrected chi connectivity index (χ2v) is 3.86. The summed E-state index contributed by atoms with van der Waals surface area (Å²) < 4.78 is 5.46. The standard InChI is InChI=1S/C11H13NO4/c13-9-1-3-10(4-2-9)16-7-8-5-12(6-8)11(14)15/h1-4,8,13H,5-7H2,(H,14,15). The lowest BCUT2D eigenvalue weighted by Gasteiger charge is -2.36. The van der Waals surface area contributed by atoms with Crippen LogP contribution in [0, 0.1) is 5.92 Å². The first-order valence-electron chi connectivity index (χ1n) is 5.05. The Balaban J connectivity index is 1.73. The van der Waals surface area contributed by atoms with Gasteiger partial charge in [-0.3, -0.25) is 0 Å². The zero-order valence-corrected chi connectivity index (χ0v) is 8.67. The first kappa shape index (κ1) is 10.6. The lowest BCUT2D eigenvalue weighted by atomic mass is 10.0. The summed E-state index contributed by atoms with van der Waals surface area (Å²) in [6.45, 7) is 1.58. The Kier molecular flexibility index (Phi) is 2.85. The van der Waals surface area contributed by atoms with Gasteiger partial charge in [0, 0.05) is 19.0 Å². The molecule has 1 aliphatic rings. The van der Waals surface area contributed by atoms with Crippen molar-refractivity contribution in [1.82, 2.24) is 4.90 Å². The molecule has 0 saturated carbocycles. The van der Waals surface area contributed by atoms with Crippen LogP contribution in [-0.2, 0) is 0 Å². The van der Waals surface area contributed by atoms with Crippen molar-refractivity contribution in [2.45, 2.75) is 0 Å². The smallest absolute Gasteiger partial charge is 0.407 e. The van der Waals surface area contributed by atoms with Crippen molar-refractivity contribution in [2.24, 2.45) is 5.92 Å². The first-order chi connectivity index (χ1) is 7.65. The van der Waals surface area contributed by atoms with E-state index in [4.69, 9.17) is 14.9 Å². The predicted molar refractivity (Wildman–Crippen MR) is 56.7 cm³/mol. The van der Waals surface area contributed by atoms with Gasteiger partial charge in [0.2, 0.25) is 0 Å². The molecule has 1 heterocycles. The molecule has 0 spiro atoms. The predicted octanol–water partition coefficient (Wildman–Crippen LogP) is 1.38. The molecular weight excluding hydrogens is 210 g/mol. The van der Waals surface area contributed by atoms with Gasteiger partial charge in [0.25, 0.3) is 0 Å². The normalized spacial score (nSPS) is 15.6. The van der Waals surface area contributed by atoms with E-state index >= 15 is 0 Å². The minimum Gasteiger partial charge on any atom is -0.508 e. The summed E-state index contributed by atoms with van der Waals surface area (Å²) in [4.78, 5) is 11.8. The Hall–Kier alpha value is -1.91. The maximum atomic E-state index is 10.5. The second-order valence-electron chi connectivity index (χ2n) is 3.86. The molecule has 0 bridgehead atoms. The van der Waals surface area contributed by atoms with Crippen molar-refractivity contribution in [3.8, 4) is 11.5 Å². The van der Waals surface area contributed by atoms with E-state index in [9.17, 15) is 4.79 Å². The molecule has 2 rings (SSSR count). The number of aromatic hydroxyl groups is 1. The summed E-state index contributed by atoms with van der Waals surface area (Å²) in [7, 11) is 0. The number of phenolic OH excluding ortho intramolecular Hbond substituents is 1. The van der Waals surface area contributed by atoms with Crippen LogP contribution in [0.2, 0.25) is 0 Å². The molecule has 5 heteroatoms. The van der Waals surface area contributed by atoms with Gasteiger partial charge >= 0.3 is 6.09 Å². The largest absolute Gasteiger partial charge is 0.508 e. The van der Waals surface area contributed by atoms with Crippen LogP contribution in [0.3, 0.4) is 0 Å². The number of amides is 1. The van der Waals surface area contributed by atoms with Crippen molar-refractivity contribution in [2.75, 3.05) is 19.7 Å². The Bertz CT molecular complexity index is 370. The highest BCUT2D eigenvalue weighted by Gasteiger charge is 2.30. The van der Waals surface area contributed by atoms with Gasteiger partial charge in [0.05, 0.1) is 6.61 Å². The summed E-state index contributed by atoms with van der Waals surface area (Å²) in [5.41, 5.74) is 0. The third-order valence-electron chi connectivity index (χ3n) is 2.55. The molecular formula is C11H13NO4. The molecule has 0 unspecified atom stereocenters. The molecule has 0 aromatic heterocycles. The van der Waals surface area contributed by atoms with Crippen molar-refractivity contribution < 1.29 is 19.7 Å². The van der Waals surface area contributed by atoms with E-state index in [0.29, 0.717) is 25.4 Å². The molecule has 1 aromatic rings. The number of benzene rings is 1. The highest BCUT2D eigenvalue weighted by Crippen LogP contribution is 2.20. The molecule has 0 aliphatic carbocycles. The van der Waals surface area contributed by atoms with Crippen LogP contribution in [-0.4, -0.2) is 40.9 Å². The zero-order valence-electron chi connectivity index (χ0n) is 8.67. The number of nitrogens with zero attached hydrogens (tertiary/aromatic N) is 1. The lowest BCUT2D eigenvalue weighted by Crippen LogP contribution is -2.51. The Labute approximate surface area is 92.9 Å². The summed E-state index contributed by atoms with van der Waals surface area (Å²) in [6, 6.07) is 6.48. The molecule has 1 saturated heterocycles. The molecule has 1 amide bonds. The maximum Gasteiger partial charge on any atom is 0.407 e. The van der Waals surface area contributed by atoms with Gasteiger partial charge in [0.15, 0.2) is 0 Å². The number of phenols is 1. The number of hydrogen-bond acceptors (Lipinski definition) is 3. The number of hydrogen-bond donors (Lipinski definition) is 2. The van der Waals surface area contributed by atoms with Crippen LogP contribution in [0.1, 0.15) is 0 Å². The van der Waals surface area contributed by atoms with Gasteiger partial charge in [-0.25, -0.2) is 4.79 Å². The van der Waals surface area contributed by atoms with Gasteiger partial charge in [-0.2, -0.15) is 0 Å². The fraction of sp³-hybridized carbons (Fsp3) is 0.364. The highest BCUT2D eigenvalue weighted by molar-refractivity contribution is 5.66. The Morgan fingerprint density at radius 3 is 2.56 bits per heavy atom. The molecule has 1 aliphatic heterocycles. The van der Waals surface area contributed by atoms with Gasteiger partial charge in [-0.05, 0) is 24.3 Å². The number of likely N-dealkylation sites (tertiary alicyclic amines) is 1. The van der Waals surface area contributed by atoms with Crippen LogP contribution in [0.25, 0.3) is 0 Å². The molecule has 86 valence electrons. The van der Waals surface area contributed by atoms with Gasteiger partial charge in [-0.1, -0.05) is 0 Å². The van der Waals surface area contributed by atoms with E-state index in [1.807, 2.05) is 0 Å². The summed E-state index contributed by atoms with van der Waals surface area (Å²) in [6.07, 6.45) is -0.874. The number of carboxylic acid groups (broad SMARTS) is 1. The molecule has 16 heavy (non-hydrogen) atoms. The highest BCUT2D eigenvalue weighted by atomic mass is 16.5. The van der Waals surface area contributed by atoms with Crippen molar-refractivity contribution >= 4 is 6.09 Å². The van der Waals surface area contributed by atoms with Gasteiger partial charge in [0.1, 0.15) is 11.5 Å². The summed E-state index contributed by atoms with van der Waals surface area (Å²) >= 11 is 0. The van der Waals surface area contributed by atoms with Crippen molar-refractivity contribution in [3.05, 3.63) is 24.3 Å². The average Bonchev–Trinajstić information content (AvgIpc) is 2.18. The number of ether oxygens (including phenoxy) is 1. The zero-order chi connectivity index (χ0) is 11.5. The van der Waals surface area contributed by atoms with Gasteiger partial charge in [-0.15, -0.1) is 0 Å². The molecule has 0 radical (unpaired) electrons. The van der Waals surface area contributed by atoms with E-state index in [1.54, 1.807) is 24.3 Å². The first-order valence-corrected chi connectivity index (χ1v) is 5.05. The molecule has 5 nitrogen and oxygen atoms in total. The number of rotatable bonds is 3. The van der Waals surface area contributed by atoms with Crippen LogP contribution in [0.15, 0.2) is 24.3 Å². The van der Waals surface area contributed by atoms with Crippen LogP contribution in [0.5, 0.6) is 11.5 Å². The van der Waals surface area contributed by atoms with E-state index in [1.165, 1.54) is 4.90 Å². The minimum atomic E-state index is -0.874. The molecule has 1 fully saturated rings. The number of carbonyl (C=O) groups is 1. The van der Waals surface area contributed by atoms with Crippen LogP contribution >= 0.6 is 0 Å². The fourth-order valence-electron chi connectivity index (χ4n) is 1.59. The van der Waals surface area contributed by atoms with Crippen LogP contribution in [0.4, 0.5) is 4.79 Å². The van der Waals surface area contributed by atoms with Crippen molar-refractivity contribution in [3.63, 3.8) is 0 Å². The van der Waals surface area contributed by atoms with E-state index in [2.05, 4.69) is 0 Å². The SMILES string of the molecule is O=C(O)N1CC(COc2ccc(O)cc2)C1. The van der Waals surface area contributed by atoms with E-state index in [-0.39, 0.29) is 11.7 Å². The fourth-order valence-corrected chi connectivity index (χ4v) is 1.59. The molecule has 0 atom stereocenters. The van der Waals surface area contributed by atoms with Gasteiger partial charge < -0.3 is 19.8 Å². The monoisotopic (exact) mass is 223 g/mol. The average molecular weight is 223 g/mol. The third-order valence-corrected chi connectivity index (χ3v) is 2.55. The summed E-state index contributed by atoms with van der Waals surface area (Å²) in [5, 5.41) is 17.7. The quantitative estimate of drug-likeness (QED) is 0.812. The lowest BCUT2D eigenvalue weighted by molar-refractivity contribution is 0.0585. The molecule has 1 aromatic carbocycles. The van der Waals surface area contributed by atoms with E-state index < -0.39 is 6.09 Å². The minimum absolute atomic E-state index is 0.202. The Morgan fingerprint density at radius 2 is 2.00 bits per heavy atom. The maximum absolute atomic E-state index is 10.5. The third kappa shape index (κ3) is 2.36. The molecule has 2 N–H and O–H groups in total. The van der Waals surface area contributed by atoms with E-state index in [0.717, 1.165) is 0 Å². The summed E-state index contributed by atoms with van der Waals surface area (Å²) in [5.74, 6) is 1.16. The van der Waals surface area contributed by atoms with Crippen molar-refractivity contribution in [1.29, 1.82) is 0 Å². The van der Waals surface area contributed by atoms with Crippen LogP contribution < -0.4 is 4.74 Å². The Morgan fingerprint density at radius 1 is 1.38 bits per heavy atom. The topological polar surface area (TPSA) is 70.0 Å².